The Morgan fingerprint density at radius 1 is 1.17 bits per heavy atom. The third-order valence-corrected chi connectivity index (χ3v) is 7.89. The van der Waals surface area contributed by atoms with Crippen molar-refractivity contribution >= 4 is 28.3 Å². The number of amides is 2. The van der Waals surface area contributed by atoms with Crippen LogP contribution in [0.4, 0.5) is 9.80 Å². The summed E-state index contributed by atoms with van der Waals surface area (Å²) in [6, 6.07) is 7.38. The third kappa shape index (κ3) is 4.97. The topological polar surface area (TPSA) is 87.9 Å². The fraction of sp³-hybridized carbons (Fsp3) is 0.423. The van der Waals surface area contributed by atoms with Gasteiger partial charge in [-0.05, 0) is 61.9 Å². The summed E-state index contributed by atoms with van der Waals surface area (Å²) in [5.41, 5.74) is 3.58. The summed E-state index contributed by atoms with van der Waals surface area (Å²) >= 11 is 1.68. The molecule has 1 fully saturated rings. The van der Waals surface area contributed by atoms with Gasteiger partial charge in [-0.25, -0.2) is 4.79 Å². The summed E-state index contributed by atoms with van der Waals surface area (Å²) in [4.78, 5) is 35.2. The van der Waals surface area contributed by atoms with E-state index >= 15 is 0 Å². The van der Waals surface area contributed by atoms with E-state index in [1.807, 2.05) is 19.2 Å². The number of pyridine rings is 1. The number of anilines is 1. The van der Waals surface area contributed by atoms with Gasteiger partial charge < -0.3 is 19.4 Å². The first-order valence-corrected chi connectivity index (χ1v) is 13.0. The van der Waals surface area contributed by atoms with Crippen LogP contribution in [0.2, 0.25) is 0 Å². The minimum atomic E-state index is -0.260. The molecule has 0 spiro atoms. The molecule has 8 nitrogen and oxygen atoms in total. The van der Waals surface area contributed by atoms with E-state index in [1.54, 1.807) is 34.6 Å². The van der Waals surface area contributed by atoms with Crippen LogP contribution in [0.3, 0.4) is 0 Å². The Morgan fingerprint density at radius 2 is 2.00 bits per heavy atom. The predicted molar refractivity (Wildman–Crippen MR) is 134 cm³/mol. The number of aromatic nitrogens is 1. The number of hydrogen-bond donors (Lipinski definition) is 1. The van der Waals surface area contributed by atoms with Gasteiger partial charge in [-0.15, -0.1) is 11.3 Å². The highest BCUT2D eigenvalue weighted by Crippen LogP contribution is 2.45. The number of hydrogen-bond acceptors (Lipinski definition) is 7. The van der Waals surface area contributed by atoms with Crippen LogP contribution in [0.5, 0.6) is 0 Å². The van der Waals surface area contributed by atoms with E-state index < -0.39 is 0 Å². The summed E-state index contributed by atoms with van der Waals surface area (Å²) in [5.74, 6) is 0.0511. The van der Waals surface area contributed by atoms with E-state index in [2.05, 4.69) is 21.3 Å². The molecular weight excluding hydrogens is 464 g/mol. The zero-order valence-corrected chi connectivity index (χ0v) is 20.7. The van der Waals surface area contributed by atoms with Crippen LogP contribution in [0, 0.1) is 0 Å². The van der Waals surface area contributed by atoms with Gasteiger partial charge in [0.2, 0.25) is 0 Å². The minimum absolute atomic E-state index is 0.0713. The number of nitrogens with one attached hydrogen (secondary N) is 1. The first-order chi connectivity index (χ1) is 17.2. The molecule has 1 aliphatic heterocycles. The number of furan rings is 1. The van der Waals surface area contributed by atoms with Crippen LogP contribution >= 0.6 is 11.3 Å². The fourth-order valence-electron chi connectivity index (χ4n) is 5.02. The average molecular weight is 495 g/mol. The predicted octanol–water partition coefficient (Wildman–Crippen LogP) is 4.73. The smallest absolute Gasteiger partial charge is 0.409 e. The van der Waals surface area contributed by atoms with Crippen LogP contribution in [-0.2, 0) is 17.6 Å². The molecule has 0 saturated carbocycles. The maximum absolute atomic E-state index is 13.0. The largest absolute Gasteiger partial charge is 0.459 e. The van der Waals surface area contributed by atoms with Crippen LogP contribution in [0.1, 0.15) is 57.9 Å². The molecule has 0 aromatic carbocycles. The van der Waals surface area contributed by atoms with E-state index in [-0.39, 0.29) is 18.0 Å². The number of thiophene rings is 1. The molecule has 1 N–H and O–H groups in total. The Hall–Kier alpha value is -3.17. The standard InChI is InChI=1S/C26H30N4O4S/c1-2-33-26(32)30-14-12-29(13-15-30)23(18-7-5-11-27-17-18)22-19-8-3-4-10-21(19)35-25(22)28-24(31)20-9-6-16-34-20/h5-7,9,11,16-17,23H,2-4,8,10,12-15H2,1H3,(H,28,31)/t23-/m1/s1. The monoisotopic (exact) mass is 494 g/mol. The molecular formula is C26H30N4O4S. The summed E-state index contributed by atoms with van der Waals surface area (Å²) < 4.78 is 10.6. The molecule has 3 aromatic rings. The van der Waals surface area contributed by atoms with Crippen molar-refractivity contribution in [3.63, 3.8) is 0 Å². The third-order valence-electron chi connectivity index (χ3n) is 6.66. The minimum Gasteiger partial charge on any atom is -0.459 e. The normalized spacial score (nSPS) is 17.0. The lowest BCUT2D eigenvalue weighted by Crippen LogP contribution is -2.50. The lowest BCUT2D eigenvalue weighted by molar-refractivity contribution is 0.0714. The highest BCUT2D eigenvalue weighted by molar-refractivity contribution is 7.16. The van der Waals surface area contributed by atoms with Gasteiger partial charge in [-0.1, -0.05) is 6.07 Å². The molecule has 184 valence electrons. The molecule has 0 unspecified atom stereocenters. The van der Waals surface area contributed by atoms with Gasteiger partial charge >= 0.3 is 6.09 Å². The zero-order chi connectivity index (χ0) is 24.2. The molecule has 35 heavy (non-hydrogen) atoms. The maximum Gasteiger partial charge on any atom is 0.409 e. The summed E-state index contributed by atoms with van der Waals surface area (Å²) in [5, 5.41) is 4.03. The van der Waals surface area contributed by atoms with Gasteiger partial charge in [0.1, 0.15) is 5.00 Å². The molecule has 9 heteroatoms. The van der Waals surface area contributed by atoms with E-state index in [9.17, 15) is 9.59 Å². The van der Waals surface area contributed by atoms with E-state index in [0.717, 1.165) is 41.8 Å². The number of rotatable bonds is 6. The molecule has 0 bridgehead atoms. The second-order valence-corrected chi connectivity index (χ2v) is 9.90. The Bertz CT molecular complexity index is 1150. The maximum atomic E-state index is 13.0. The number of piperazine rings is 1. The van der Waals surface area contributed by atoms with Crippen molar-refractivity contribution in [1.82, 2.24) is 14.8 Å². The van der Waals surface area contributed by atoms with Crippen molar-refractivity contribution < 1.29 is 18.7 Å². The van der Waals surface area contributed by atoms with Crippen LogP contribution in [0.15, 0.2) is 47.3 Å². The summed E-state index contributed by atoms with van der Waals surface area (Å²) in [6.07, 6.45) is 9.26. The van der Waals surface area contributed by atoms with Crippen molar-refractivity contribution in [3.05, 3.63) is 70.3 Å². The van der Waals surface area contributed by atoms with Crippen molar-refractivity contribution in [2.45, 2.75) is 38.6 Å². The second kappa shape index (κ2) is 10.6. The number of carbonyl (C=O) groups excluding carboxylic acids is 2. The van der Waals surface area contributed by atoms with Crippen LogP contribution < -0.4 is 5.32 Å². The molecule has 1 aliphatic carbocycles. The van der Waals surface area contributed by atoms with E-state index in [0.29, 0.717) is 38.5 Å². The summed E-state index contributed by atoms with van der Waals surface area (Å²) in [6.45, 7) is 4.79. The Kier molecular flexibility index (Phi) is 7.15. The lowest BCUT2D eigenvalue weighted by Gasteiger charge is -2.39. The van der Waals surface area contributed by atoms with Gasteiger partial charge in [-0.2, -0.15) is 0 Å². The number of ether oxygens (including phenoxy) is 1. The Morgan fingerprint density at radius 3 is 2.71 bits per heavy atom. The molecule has 0 radical (unpaired) electrons. The quantitative estimate of drug-likeness (QED) is 0.533. The highest BCUT2D eigenvalue weighted by Gasteiger charge is 2.35. The summed E-state index contributed by atoms with van der Waals surface area (Å²) in [7, 11) is 0. The Labute approximate surface area is 208 Å². The van der Waals surface area contributed by atoms with Crippen LogP contribution in [0.25, 0.3) is 0 Å². The van der Waals surface area contributed by atoms with Crippen molar-refractivity contribution in [3.8, 4) is 0 Å². The van der Waals surface area contributed by atoms with Crippen molar-refractivity contribution in [2.24, 2.45) is 0 Å². The van der Waals surface area contributed by atoms with Gasteiger partial charge in [0, 0.05) is 49.0 Å². The van der Waals surface area contributed by atoms with Gasteiger partial charge in [0.15, 0.2) is 5.76 Å². The number of nitrogens with zero attached hydrogens (tertiary/aromatic N) is 3. The molecule has 2 aliphatic rings. The molecule has 5 rings (SSSR count). The number of aryl methyl sites for hydroxylation is 1. The Balaban J connectivity index is 1.51. The number of carbonyl (C=O) groups is 2. The fourth-order valence-corrected chi connectivity index (χ4v) is 6.34. The molecule has 3 aromatic heterocycles. The van der Waals surface area contributed by atoms with Crippen molar-refractivity contribution in [1.29, 1.82) is 0 Å². The van der Waals surface area contributed by atoms with E-state index in [1.165, 1.54) is 16.7 Å². The van der Waals surface area contributed by atoms with Gasteiger partial charge in [0.25, 0.3) is 5.91 Å². The zero-order valence-electron chi connectivity index (χ0n) is 19.9. The van der Waals surface area contributed by atoms with E-state index in [4.69, 9.17) is 9.15 Å². The van der Waals surface area contributed by atoms with Gasteiger partial charge in [-0.3, -0.25) is 14.7 Å². The van der Waals surface area contributed by atoms with Crippen molar-refractivity contribution in [2.75, 3.05) is 38.1 Å². The first-order valence-electron chi connectivity index (χ1n) is 12.2. The van der Waals surface area contributed by atoms with Gasteiger partial charge in [0.05, 0.1) is 18.9 Å². The average Bonchev–Trinajstić information content (AvgIpc) is 3.55. The SMILES string of the molecule is CCOC(=O)N1CCN([C@H](c2cccnc2)c2c(NC(=O)c3ccco3)sc3c2CCCC3)CC1. The molecule has 1 atom stereocenters. The second-order valence-electron chi connectivity index (χ2n) is 8.80. The lowest BCUT2D eigenvalue weighted by atomic mass is 9.89. The molecule has 2 amide bonds. The first kappa shape index (κ1) is 23.6. The highest BCUT2D eigenvalue weighted by atomic mass is 32.1. The van der Waals surface area contributed by atoms with Crippen LogP contribution in [-0.4, -0.2) is 59.6 Å². The number of fused-ring (bicyclic) bond motifs is 1. The molecule has 4 heterocycles. The molecule has 1 saturated heterocycles.